The quantitative estimate of drug-likeness (QED) is 0.535. The molecular formula is C15H10FN3O2SSe. The van der Waals surface area contributed by atoms with Gasteiger partial charge in [-0.25, -0.2) is 0 Å². The normalized spacial score (nSPS) is 10.3. The molecule has 3 rings (SSSR count). The summed E-state index contributed by atoms with van der Waals surface area (Å²) in [6, 6.07) is 7.34. The van der Waals surface area contributed by atoms with Crippen LogP contribution in [0.3, 0.4) is 0 Å². The maximum absolute atomic E-state index is 12.9. The van der Waals surface area contributed by atoms with Gasteiger partial charge in [-0.2, -0.15) is 0 Å². The number of nitrogens with zero attached hydrogens (tertiary/aromatic N) is 2. The molecule has 0 unspecified atom stereocenters. The summed E-state index contributed by atoms with van der Waals surface area (Å²) in [6.07, 6.45) is 2.16. The molecular weight excluding hydrogens is 384 g/mol. The maximum atomic E-state index is 12.9. The summed E-state index contributed by atoms with van der Waals surface area (Å²) in [7, 11) is 0. The van der Waals surface area contributed by atoms with Crippen molar-refractivity contribution in [2.24, 2.45) is 0 Å². The van der Waals surface area contributed by atoms with E-state index in [1.165, 1.54) is 46.7 Å². The van der Waals surface area contributed by atoms with E-state index in [2.05, 4.69) is 10.3 Å². The van der Waals surface area contributed by atoms with Crippen molar-refractivity contribution in [2.45, 2.75) is 0 Å². The number of carbonyl (C=O) groups excluding carboxylic acids is 2. The average molecular weight is 394 g/mol. The van der Waals surface area contributed by atoms with Crippen LogP contribution >= 0.6 is 11.3 Å². The van der Waals surface area contributed by atoms with Crippen LogP contribution in [0.5, 0.6) is 0 Å². The number of benzene rings is 1. The fourth-order valence-electron chi connectivity index (χ4n) is 1.82. The van der Waals surface area contributed by atoms with Crippen molar-refractivity contribution >= 4 is 54.2 Å². The molecule has 2 aromatic heterocycles. The third kappa shape index (κ3) is 3.56. The Morgan fingerprint density at radius 1 is 1.30 bits per heavy atom. The Labute approximate surface area is 141 Å². The third-order valence-corrected chi connectivity index (χ3v) is 5.67. The first-order valence-electron chi connectivity index (χ1n) is 6.47. The van der Waals surface area contributed by atoms with Crippen LogP contribution in [0.4, 0.5) is 20.5 Å². The molecule has 5 nitrogen and oxygen atoms in total. The van der Waals surface area contributed by atoms with Gasteiger partial charge in [0.2, 0.25) is 0 Å². The summed E-state index contributed by atoms with van der Waals surface area (Å²) < 4.78 is 13.9. The molecule has 8 heteroatoms. The molecule has 0 fully saturated rings. The van der Waals surface area contributed by atoms with Gasteiger partial charge in [0.15, 0.2) is 0 Å². The first kappa shape index (κ1) is 15.6. The summed E-state index contributed by atoms with van der Waals surface area (Å²) in [5.74, 6) is -0.665. The summed E-state index contributed by atoms with van der Waals surface area (Å²) in [5, 5.41) is 6.39. The van der Waals surface area contributed by atoms with E-state index in [9.17, 15) is 14.0 Å². The van der Waals surface area contributed by atoms with E-state index in [-0.39, 0.29) is 26.2 Å². The van der Waals surface area contributed by atoms with Gasteiger partial charge < -0.3 is 0 Å². The van der Waals surface area contributed by atoms with Gasteiger partial charge in [-0.1, -0.05) is 0 Å². The average Bonchev–Trinajstić information content (AvgIpc) is 3.23. The van der Waals surface area contributed by atoms with E-state index < -0.39 is 0 Å². The Morgan fingerprint density at radius 2 is 2.09 bits per heavy atom. The molecule has 0 aliphatic carbocycles. The molecule has 0 saturated carbocycles. The molecule has 0 bridgehead atoms. The van der Waals surface area contributed by atoms with Gasteiger partial charge in [0.25, 0.3) is 0 Å². The molecule has 2 amide bonds. The predicted octanol–water partition coefficient (Wildman–Crippen LogP) is 2.89. The molecule has 2 heterocycles. The van der Waals surface area contributed by atoms with Crippen LogP contribution in [0.1, 0.15) is 9.23 Å². The molecule has 0 atom stereocenters. The van der Waals surface area contributed by atoms with Crippen molar-refractivity contribution in [1.82, 2.24) is 4.98 Å². The van der Waals surface area contributed by atoms with Crippen LogP contribution in [0, 0.1) is 5.82 Å². The predicted molar refractivity (Wildman–Crippen MR) is 88.1 cm³/mol. The molecule has 1 N–H and O–H groups in total. The van der Waals surface area contributed by atoms with E-state index in [1.54, 1.807) is 0 Å². The first-order chi connectivity index (χ1) is 11.2. The summed E-state index contributed by atoms with van der Waals surface area (Å²) in [6.45, 7) is 0. The zero-order valence-electron chi connectivity index (χ0n) is 11.6. The molecule has 1 aromatic carbocycles. The van der Waals surface area contributed by atoms with Crippen molar-refractivity contribution in [3.05, 3.63) is 57.5 Å². The second kappa shape index (κ2) is 6.87. The van der Waals surface area contributed by atoms with Crippen LogP contribution in [0.15, 0.2) is 47.3 Å². The van der Waals surface area contributed by atoms with Gasteiger partial charge in [-0.3, -0.25) is 0 Å². The Hall–Kier alpha value is -2.28. The number of thiophene rings is 1. The van der Waals surface area contributed by atoms with Gasteiger partial charge in [-0.05, 0) is 0 Å². The van der Waals surface area contributed by atoms with Gasteiger partial charge in [0.05, 0.1) is 0 Å². The molecule has 0 aliphatic rings. The van der Waals surface area contributed by atoms with E-state index in [0.29, 0.717) is 21.2 Å². The number of amides is 2. The number of hydrogen-bond acceptors (Lipinski definition) is 4. The number of nitrogens with one attached hydrogen (secondary N) is 1. The Balaban J connectivity index is 1.77. The molecule has 0 spiro atoms. The minimum atomic E-state index is -0.382. The monoisotopic (exact) mass is 395 g/mol. The van der Waals surface area contributed by atoms with E-state index in [1.807, 2.05) is 16.8 Å². The van der Waals surface area contributed by atoms with E-state index >= 15 is 0 Å². The second-order valence-corrected chi connectivity index (χ2v) is 7.32. The number of carbonyl (C=O) groups is 2. The number of hydrogen-bond donors (Lipinski definition) is 1. The SMILES string of the molecule is O=CN(c1ccsc1)c1ncc(C(=O)Nc2ccc(F)cc2)[se]1. The Kier molecular flexibility index (Phi) is 4.66. The van der Waals surface area contributed by atoms with Gasteiger partial charge in [-0.15, -0.1) is 0 Å². The molecule has 0 saturated heterocycles. The molecule has 23 heavy (non-hydrogen) atoms. The van der Waals surface area contributed by atoms with Gasteiger partial charge in [0, 0.05) is 0 Å². The van der Waals surface area contributed by atoms with Crippen LogP contribution in [-0.2, 0) is 4.79 Å². The van der Waals surface area contributed by atoms with Crippen molar-refractivity contribution in [1.29, 1.82) is 0 Å². The van der Waals surface area contributed by atoms with Crippen LogP contribution < -0.4 is 10.2 Å². The number of halogens is 1. The summed E-state index contributed by atoms with van der Waals surface area (Å²) >= 11 is 1.09. The number of rotatable bonds is 5. The fourth-order valence-corrected chi connectivity index (χ4v) is 4.12. The van der Waals surface area contributed by atoms with E-state index in [0.717, 1.165) is 5.69 Å². The second-order valence-electron chi connectivity index (χ2n) is 4.43. The Morgan fingerprint density at radius 3 is 2.74 bits per heavy atom. The van der Waals surface area contributed by atoms with E-state index in [4.69, 9.17) is 0 Å². The topological polar surface area (TPSA) is 62.3 Å². The third-order valence-electron chi connectivity index (χ3n) is 2.92. The zero-order chi connectivity index (χ0) is 16.2. The van der Waals surface area contributed by atoms with Crippen LogP contribution in [-0.4, -0.2) is 31.8 Å². The fraction of sp³-hybridized carbons (Fsp3) is 0. The van der Waals surface area contributed by atoms with Crippen molar-refractivity contribution in [3.63, 3.8) is 0 Å². The molecule has 0 aliphatic heterocycles. The number of anilines is 3. The van der Waals surface area contributed by atoms with Gasteiger partial charge >= 0.3 is 141 Å². The minimum absolute atomic E-state index is 0.300. The zero-order valence-corrected chi connectivity index (χ0v) is 14.1. The molecule has 3 aromatic rings. The van der Waals surface area contributed by atoms with Gasteiger partial charge in [0.1, 0.15) is 0 Å². The standard InChI is InChI=1S/C15H10FN3O2SSe/c16-10-1-3-11(4-2-10)18-14(21)13-7-17-15(23-13)19(9-20)12-5-6-22-8-12/h1-9H,(H,18,21). The van der Waals surface area contributed by atoms with Crippen molar-refractivity contribution in [3.8, 4) is 0 Å². The molecule has 0 radical (unpaired) electrons. The van der Waals surface area contributed by atoms with Crippen LogP contribution in [0.2, 0.25) is 0 Å². The van der Waals surface area contributed by atoms with Crippen molar-refractivity contribution in [2.75, 3.05) is 10.2 Å². The first-order valence-corrected chi connectivity index (χ1v) is 9.12. The Bertz CT molecular complexity index is 818. The van der Waals surface area contributed by atoms with Crippen LogP contribution in [0.25, 0.3) is 0 Å². The number of aromatic nitrogens is 1. The molecule has 116 valence electrons. The summed E-state index contributed by atoms with van der Waals surface area (Å²) in [4.78, 5) is 29.1. The van der Waals surface area contributed by atoms with Crippen molar-refractivity contribution < 1.29 is 14.0 Å². The summed E-state index contributed by atoms with van der Waals surface area (Å²) in [5.41, 5.74) is 1.24.